The van der Waals surface area contributed by atoms with E-state index < -0.39 is 28.5 Å². The van der Waals surface area contributed by atoms with Crippen LogP contribution in [0.25, 0.3) is 0 Å². The smallest absolute Gasteiger partial charge is 0.264 e. The number of carbonyl (C=O) groups excluding carboxylic acids is 2. The minimum atomic E-state index is -4.19. The maximum atomic E-state index is 14.1. The topological polar surface area (TPSA) is 86.8 Å². The Kier molecular flexibility index (Phi) is 11.5. The zero-order valence-corrected chi connectivity index (χ0v) is 26.5. The third kappa shape index (κ3) is 8.16. The lowest BCUT2D eigenvalue weighted by atomic mass is 10.1. The summed E-state index contributed by atoms with van der Waals surface area (Å²) in [4.78, 5) is 28.9. The highest BCUT2D eigenvalue weighted by Crippen LogP contribution is 2.29. The largest absolute Gasteiger partial charge is 0.352 e. The number of nitrogens with one attached hydrogen (secondary N) is 1. The van der Waals surface area contributed by atoms with E-state index in [1.54, 1.807) is 49.4 Å². The van der Waals surface area contributed by atoms with E-state index in [0.29, 0.717) is 27.1 Å². The Balaban J connectivity index is 2.09. The van der Waals surface area contributed by atoms with Crippen LogP contribution in [0.3, 0.4) is 0 Å². The van der Waals surface area contributed by atoms with Crippen LogP contribution < -0.4 is 9.62 Å². The van der Waals surface area contributed by atoms with Gasteiger partial charge in [-0.25, -0.2) is 8.42 Å². The number of halogens is 3. The number of aryl methyl sites for hydroxylation is 1. The van der Waals surface area contributed by atoms with Crippen LogP contribution in [0.1, 0.15) is 44.7 Å². The van der Waals surface area contributed by atoms with Gasteiger partial charge in [-0.15, -0.1) is 0 Å². The average Bonchev–Trinajstić information content (AvgIpc) is 2.93. The lowest BCUT2D eigenvalue weighted by Crippen LogP contribution is -2.53. The molecule has 1 N–H and O–H groups in total. The number of nitrogens with zero attached hydrogens (tertiary/aromatic N) is 2. The highest BCUT2D eigenvalue weighted by molar-refractivity contribution is 7.92. The monoisotopic (exact) mass is 637 g/mol. The van der Waals surface area contributed by atoms with Crippen molar-refractivity contribution in [3.05, 3.63) is 92.9 Å². The summed E-state index contributed by atoms with van der Waals surface area (Å²) in [6.45, 7) is 6.78. The lowest BCUT2D eigenvalue weighted by molar-refractivity contribution is -0.140. The number of hydrogen-bond donors (Lipinski definition) is 1. The highest BCUT2D eigenvalue weighted by atomic mass is 35.5. The molecule has 0 aliphatic carbocycles. The molecule has 0 aliphatic rings. The Bertz CT molecular complexity index is 1450. The van der Waals surface area contributed by atoms with Gasteiger partial charge in [-0.2, -0.15) is 0 Å². The molecule has 0 saturated heterocycles. The van der Waals surface area contributed by atoms with Crippen molar-refractivity contribution in [3.63, 3.8) is 0 Å². The molecule has 11 heteroatoms. The molecule has 7 nitrogen and oxygen atoms in total. The van der Waals surface area contributed by atoms with Crippen molar-refractivity contribution in [1.29, 1.82) is 0 Å². The maximum absolute atomic E-state index is 14.1. The molecule has 3 rings (SSSR count). The van der Waals surface area contributed by atoms with Crippen LogP contribution in [-0.4, -0.2) is 43.8 Å². The standard InChI is InChI=1S/C30H34Cl3N3O4S/c1-5-21(4)34-30(38)28(6-2)35(18-25-26(32)8-7-9-27(25)33)29(37)19-36(23-14-12-22(31)13-15-23)41(39,40)24-16-10-20(3)11-17-24/h7-17,21,28H,5-6,18-19H2,1-4H3,(H,34,38)/t21-,28+/m0/s1. The zero-order chi connectivity index (χ0) is 30.3. The molecule has 0 aliphatic heterocycles. The van der Waals surface area contributed by atoms with Gasteiger partial charge in [0.05, 0.1) is 10.6 Å². The van der Waals surface area contributed by atoms with Crippen LogP contribution in [0.2, 0.25) is 15.1 Å². The van der Waals surface area contributed by atoms with Crippen molar-refractivity contribution in [3.8, 4) is 0 Å². The van der Waals surface area contributed by atoms with Crippen molar-refractivity contribution >= 4 is 62.3 Å². The first-order valence-corrected chi connectivity index (χ1v) is 15.8. The summed E-state index contributed by atoms with van der Waals surface area (Å²) in [6, 6.07) is 16.5. The van der Waals surface area contributed by atoms with Gasteiger partial charge in [0.2, 0.25) is 11.8 Å². The summed E-state index contributed by atoms with van der Waals surface area (Å²) in [5.74, 6) is -0.949. The Hall–Kier alpha value is -2.78. The van der Waals surface area contributed by atoms with Gasteiger partial charge in [-0.1, -0.05) is 72.4 Å². The SMILES string of the molecule is CC[C@H](C(=O)N[C@@H](C)CC)N(Cc1c(Cl)cccc1Cl)C(=O)CN(c1ccc(Cl)cc1)S(=O)(=O)c1ccc(C)cc1. The van der Waals surface area contributed by atoms with Crippen molar-refractivity contribution < 1.29 is 18.0 Å². The fourth-order valence-corrected chi connectivity index (χ4v) is 6.25. The Morgan fingerprint density at radius 3 is 2.00 bits per heavy atom. The van der Waals surface area contributed by atoms with Crippen LogP contribution in [-0.2, 0) is 26.2 Å². The number of amides is 2. The molecule has 220 valence electrons. The van der Waals surface area contributed by atoms with Gasteiger partial charge in [-0.05, 0) is 75.2 Å². The molecule has 0 heterocycles. The normalized spacial score (nSPS) is 12.9. The summed E-state index contributed by atoms with van der Waals surface area (Å²) in [5, 5.41) is 4.01. The molecule has 3 aromatic carbocycles. The van der Waals surface area contributed by atoms with Crippen LogP contribution in [0.5, 0.6) is 0 Å². The number of carbonyl (C=O) groups is 2. The Morgan fingerprint density at radius 1 is 0.878 bits per heavy atom. The minimum Gasteiger partial charge on any atom is -0.352 e. The molecule has 41 heavy (non-hydrogen) atoms. The lowest BCUT2D eigenvalue weighted by Gasteiger charge is -2.34. The molecule has 2 atom stereocenters. The van der Waals surface area contributed by atoms with Crippen molar-refractivity contribution in [1.82, 2.24) is 10.2 Å². The number of benzene rings is 3. The first-order valence-electron chi connectivity index (χ1n) is 13.3. The van der Waals surface area contributed by atoms with Crippen molar-refractivity contribution in [2.75, 3.05) is 10.8 Å². The fraction of sp³-hybridized carbons (Fsp3) is 0.333. The van der Waals surface area contributed by atoms with E-state index in [0.717, 1.165) is 9.87 Å². The van der Waals surface area contributed by atoms with Crippen molar-refractivity contribution in [2.45, 2.75) is 64.1 Å². The second kappa shape index (κ2) is 14.4. The Morgan fingerprint density at radius 2 is 1.46 bits per heavy atom. The van der Waals surface area contributed by atoms with Crippen LogP contribution in [0, 0.1) is 6.92 Å². The van der Waals surface area contributed by atoms with Gasteiger partial charge in [-0.3, -0.25) is 13.9 Å². The summed E-state index contributed by atoms with van der Waals surface area (Å²) < 4.78 is 28.8. The van der Waals surface area contributed by atoms with Crippen molar-refractivity contribution in [2.24, 2.45) is 0 Å². The first kappa shape index (κ1) is 32.7. The summed E-state index contributed by atoms with van der Waals surface area (Å²) >= 11 is 19.0. The average molecular weight is 639 g/mol. The second-order valence-corrected chi connectivity index (χ2v) is 12.9. The molecule has 2 amide bonds. The Labute approximate surface area is 257 Å². The van der Waals surface area contributed by atoms with E-state index in [4.69, 9.17) is 34.8 Å². The number of hydrogen-bond acceptors (Lipinski definition) is 4. The van der Waals surface area contributed by atoms with Gasteiger partial charge in [0.1, 0.15) is 12.6 Å². The third-order valence-electron chi connectivity index (χ3n) is 6.78. The summed E-state index contributed by atoms with van der Waals surface area (Å²) in [5.41, 5.74) is 1.59. The minimum absolute atomic E-state index is 0.0214. The molecule has 0 saturated carbocycles. The van der Waals surface area contributed by atoms with E-state index >= 15 is 0 Å². The summed E-state index contributed by atoms with van der Waals surface area (Å²) in [6.07, 6.45) is 0.980. The van der Waals surface area contributed by atoms with Crippen LogP contribution >= 0.6 is 34.8 Å². The second-order valence-electron chi connectivity index (χ2n) is 9.76. The van der Waals surface area contributed by atoms with E-state index in [1.165, 1.54) is 29.2 Å². The van der Waals surface area contributed by atoms with Gasteiger partial charge in [0.25, 0.3) is 10.0 Å². The molecule has 0 fully saturated rings. The zero-order valence-electron chi connectivity index (χ0n) is 23.4. The molecule has 0 unspecified atom stereocenters. The highest BCUT2D eigenvalue weighted by Gasteiger charge is 2.34. The first-order chi connectivity index (χ1) is 19.4. The van der Waals surface area contributed by atoms with Gasteiger partial charge in [0, 0.05) is 33.2 Å². The van der Waals surface area contributed by atoms with E-state index in [1.807, 2.05) is 20.8 Å². The van der Waals surface area contributed by atoms with Gasteiger partial charge >= 0.3 is 0 Å². The fourth-order valence-electron chi connectivity index (χ4n) is 4.19. The van der Waals surface area contributed by atoms with Crippen LogP contribution in [0.4, 0.5) is 5.69 Å². The number of sulfonamides is 1. The molecule has 0 radical (unpaired) electrons. The quantitative estimate of drug-likeness (QED) is 0.235. The molecule has 0 bridgehead atoms. The number of rotatable bonds is 12. The van der Waals surface area contributed by atoms with Gasteiger partial charge < -0.3 is 10.2 Å². The predicted octanol–water partition coefficient (Wildman–Crippen LogP) is 6.87. The van der Waals surface area contributed by atoms with Crippen LogP contribution in [0.15, 0.2) is 71.6 Å². The molecule has 3 aromatic rings. The molecular formula is C30H34Cl3N3O4S. The molecule has 0 spiro atoms. The van der Waals surface area contributed by atoms with E-state index in [-0.39, 0.29) is 35.5 Å². The predicted molar refractivity (Wildman–Crippen MR) is 166 cm³/mol. The van der Waals surface area contributed by atoms with E-state index in [9.17, 15) is 18.0 Å². The molecule has 0 aromatic heterocycles. The van der Waals surface area contributed by atoms with E-state index in [2.05, 4.69) is 5.32 Å². The van der Waals surface area contributed by atoms with Gasteiger partial charge in [0.15, 0.2) is 0 Å². The summed E-state index contributed by atoms with van der Waals surface area (Å²) in [7, 11) is -4.19. The third-order valence-corrected chi connectivity index (χ3v) is 9.53. The number of anilines is 1. The molecular weight excluding hydrogens is 605 g/mol. The maximum Gasteiger partial charge on any atom is 0.264 e.